The summed E-state index contributed by atoms with van der Waals surface area (Å²) in [6.45, 7) is 6.95. The largest absolute Gasteiger partial charge is 0.381 e. The van der Waals surface area contributed by atoms with Gasteiger partial charge in [0.15, 0.2) is 5.96 Å². The van der Waals surface area contributed by atoms with Crippen molar-refractivity contribution in [1.82, 2.24) is 10.2 Å². The maximum Gasteiger partial charge on any atom is 0.193 e. The monoisotopic (exact) mass is 343 g/mol. The molecule has 4 nitrogen and oxygen atoms in total. The molecular weight excluding hydrogens is 310 g/mol. The molecule has 1 aromatic rings. The first-order valence-corrected chi connectivity index (χ1v) is 9.90. The van der Waals surface area contributed by atoms with Crippen molar-refractivity contribution < 1.29 is 4.74 Å². The Hall–Kier alpha value is -1.55. The van der Waals surface area contributed by atoms with E-state index in [4.69, 9.17) is 9.73 Å². The molecule has 1 heterocycles. The van der Waals surface area contributed by atoms with Crippen LogP contribution in [0.5, 0.6) is 0 Å². The molecule has 2 fully saturated rings. The predicted octanol–water partition coefficient (Wildman–Crippen LogP) is 3.50. The van der Waals surface area contributed by atoms with E-state index >= 15 is 0 Å². The van der Waals surface area contributed by atoms with Gasteiger partial charge < -0.3 is 15.0 Å². The molecule has 0 spiro atoms. The quantitative estimate of drug-likeness (QED) is 0.608. The number of nitrogens with zero attached hydrogens (tertiary/aromatic N) is 2. The van der Waals surface area contributed by atoms with E-state index in [1.54, 1.807) is 0 Å². The SMILES string of the molecule is CCNC(=NCC1CC1c1ccccc1)N(C)CCC1CCOCC1. The van der Waals surface area contributed by atoms with E-state index in [-0.39, 0.29) is 0 Å². The topological polar surface area (TPSA) is 36.9 Å². The highest BCUT2D eigenvalue weighted by Gasteiger charge is 2.37. The summed E-state index contributed by atoms with van der Waals surface area (Å²) in [6.07, 6.45) is 4.93. The molecule has 0 bridgehead atoms. The fraction of sp³-hybridized carbons (Fsp3) is 0.667. The summed E-state index contributed by atoms with van der Waals surface area (Å²) in [6, 6.07) is 10.9. The highest BCUT2D eigenvalue weighted by atomic mass is 16.5. The van der Waals surface area contributed by atoms with Crippen LogP contribution >= 0.6 is 0 Å². The van der Waals surface area contributed by atoms with E-state index < -0.39 is 0 Å². The maximum absolute atomic E-state index is 5.46. The van der Waals surface area contributed by atoms with Crippen molar-refractivity contribution in [2.24, 2.45) is 16.8 Å². The molecule has 4 heteroatoms. The lowest BCUT2D eigenvalue weighted by molar-refractivity contribution is 0.0625. The lowest BCUT2D eigenvalue weighted by Gasteiger charge is -2.26. The van der Waals surface area contributed by atoms with E-state index in [2.05, 4.69) is 54.5 Å². The van der Waals surface area contributed by atoms with Crippen LogP contribution in [0.2, 0.25) is 0 Å². The van der Waals surface area contributed by atoms with E-state index in [1.165, 1.54) is 31.2 Å². The second-order valence-electron chi connectivity index (χ2n) is 7.47. The Balaban J connectivity index is 1.47. The van der Waals surface area contributed by atoms with Gasteiger partial charge in [0.2, 0.25) is 0 Å². The maximum atomic E-state index is 5.46. The number of ether oxygens (including phenoxy) is 1. The van der Waals surface area contributed by atoms with Gasteiger partial charge in [-0.1, -0.05) is 30.3 Å². The summed E-state index contributed by atoms with van der Waals surface area (Å²) in [5.41, 5.74) is 1.47. The van der Waals surface area contributed by atoms with Gasteiger partial charge in [-0.25, -0.2) is 0 Å². The Kier molecular flexibility index (Phi) is 6.74. The molecule has 138 valence electrons. The summed E-state index contributed by atoms with van der Waals surface area (Å²) in [7, 11) is 2.17. The Morgan fingerprint density at radius 3 is 2.72 bits per heavy atom. The Labute approximate surface area is 152 Å². The average molecular weight is 344 g/mol. The van der Waals surface area contributed by atoms with E-state index in [9.17, 15) is 0 Å². The average Bonchev–Trinajstić information content (AvgIpc) is 3.44. The van der Waals surface area contributed by atoms with Crippen LogP contribution in [0.15, 0.2) is 35.3 Å². The second-order valence-corrected chi connectivity index (χ2v) is 7.47. The third kappa shape index (κ3) is 5.46. The smallest absolute Gasteiger partial charge is 0.193 e. The number of hydrogen-bond donors (Lipinski definition) is 1. The minimum atomic E-state index is 0.708. The minimum Gasteiger partial charge on any atom is -0.381 e. The number of guanidine groups is 1. The molecule has 1 aromatic carbocycles. The molecule has 2 aliphatic rings. The minimum absolute atomic E-state index is 0.708. The van der Waals surface area contributed by atoms with Crippen molar-refractivity contribution in [3.05, 3.63) is 35.9 Å². The Morgan fingerprint density at radius 2 is 2.00 bits per heavy atom. The fourth-order valence-electron chi connectivity index (χ4n) is 3.75. The normalized spacial score (nSPS) is 24.2. The van der Waals surface area contributed by atoms with Crippen LogP contribution in [0.1, 0.15) is 44.1 Å². The Bertz CT molecular complexity index is 539. The third-order valence-corrected chi connectivity index (χ3v) is 5.54. The summed E-state index contributed by atoms with van der Waals surface area (Å²) >= 11 is 0. The van der Waals surface area contributed by atoms with Crippen molar-refractivity contribution in [3.8, 4) is 0 Å². The number of hydrogen-bond acceptors (Lipinski definition) is 2. The fourth-order valence-corrected chi connectivity index (χ4v) is 3.75. The van der Waals surface area contributed by atoms with Gasteiger partial charge in [0.1, 0.15) is 0 Å². The van der Waals surface area contributed by atoms with Gasteiger partial charge in [0, 0.05) is 39.9 Å². The Morgan fingerprint density at radius 1 is 1.24 bits per heavy atom. The molecule has 0 radical (unpaired) electrons. The molecule has 1 N–H and O–H groups in total. The van der Waals surface area contributed by atoms with Crippen LogP contribution in [0, 0.1) is 11.8 Å². The van der Waals surface area contributed by atoms with Crippen molar-refractivity contribution in [1.29, 1.82) is 0 Å². The van der Waals surface area contributed by atoms with Gasteiger partial charge in [-0.3, -0.25) is 4.99 Å². The van der Waals surface area contributed by atoms with Crippen LogP contribution in [-0.2, 0) is 4.74 Å². The molecule has 1 saturated heterocycles. The number of aliphatic imine (C=N–C) groups is 1. The van der Waals surface area contributed by atoms with Crippen LogP contribution in [0.3, 0.4) is 0 Å². The molecule has 1 saturated carbocycles. The van der Waals surface area contributed by atoms with Gasteiger partial charge in [0.25, 0.3) is 0 Å². The summed E-state index contributed by atoms with van der Waals surface area (Å²) < 4.78 is 5.46. The lowest BCUT2D eigenvalue weighted by atomic mass is 9.96. The molecule has 0 amide bonds. The van der Waals surface area contributed by atoms with Crippen LogP contribution < -0.4 is 5.32 Å². The van der Waals surface area contributed by atoms with Gasteiger partial charge in [-0.2, -0.15) is 0 Å². The van der Waals surface area contributed by atoms with Crippen LogP contribution in [-0.4, -0.2) is 50.8 Å². The second kappa shape index (κ2) is 9.23. The zero-order chi connectivity index (χ0) is 17.5. The first-order chi connectivity index (χ1) is 12.3. The summed E-state index contributed by atoms with van der Waals surface area (Å²) in [5.74, 6) is 3.29. The summed E-state index contributed by atoms with van der Waals surface area (Å²) in [4.78, 5) is 7.23. The standard InChI is InChI=1S/C21H33N3O/c1-3-22-21(24(2)12-9-17-10-13-25-14-11-17)23-16-19-15-20(19)18-7-5-4-6-8-18/h4-8,17,19-20H,3,9-16H2,1-2H3,(H,22,23). The van der Waals surface area contributed by atoms with Crippen LogP contribution in [0.25, 0.3) is 0 Å². The molecule has 3 rings (SSSR count). The number of benzene rings is 1. The van der Waals surface area contributed by atoms with E-state index in [1.807, 2.05) is 0 Å². The molecule has 0 aromatic heterocycles. The van der Waals surface area contributed by atoms with Crippen molar-refractivity contribution in [2.75, 3.05) is 39.9 Å². The van der Waals surface area contributed by atoms with Gasteiger partial charge in [-0.15, -0.1) is 0 Å². The lowest BCUT2D eigenvalue weighted by Crippen LogP contribution is -2.40. The highest BCUT2D eigenvalue weighted by Crippen LogP contribution is 2.47. The highest BCUT2D eigenvalue weighted by molar-refractivity contribution is 5.79. The third-order valence-electron chi connectivity index (χ3n) is 5.54. The molecular formula is C21H33N3O. The van der Waals surface area contributed by atoms with Gasteiger partial charge in [-0.05, 0) is 55.9 Å². The number of rotatable bonds is 7. The molecule has 2 unspecified atom stereocenters. The predicted molar refractivity (Wildman–Crippen MR) is 104 cm³/mol. The molecule has 25 heavy (non-hydrogen) atoms. The number of nitrogens with one attached hydrogen (secondary N) is 1. The van der Waals surface area contributed by atoms with Crippen LogP contribution in [0.4, 0.5) is 0 Å². The summed E-state index contributed by atoms with van der Waals surface area (Å²) in [5, 5.41) is 3.46. The van der Waals surface area contributed by atoms with Crippen molar-refractivity contribution in [2.45, 2.75) is 38.5 Å². The van der Waals surface area contributed by atoms with Crippen molar-refractivity contribution in [3.63, 3.8) is 0 Å². The zero-order valence-corrected chi connectivity index (χ0v) is 15.8. The van der Waals surface area contributed by atoms with E-state index in [0.717, 1.165) is 44.7 Å². The van der Waals surface area contributed by atoms with Gasteiger partial charge in [0.05, 0.1) is 0 Å². The van der Waals surface area contributed by atoms with Gasteiger partial charge >= 0.3 is 0 Å². The van der Waals surface area contributed by atoms with Crippen molar-refractivity contribution >= 4 is 5.96 Å². The molecule has 1 aliphatic carbocycles. The first kappa shape index (κ1) is 18.2. The molecule has 2 atom stereocenters. The zero-order valence-electron chi connectivity index (χ0n) is 15.8. The molecule has 1 aliphatic heterocycles. The van der Waals surface area contributed by atoms with E-state index in [0.29, 0.717) is 11.8 Å². The first-order valence-electron chi connectivity index (χ1n) is 9.90.